The lowest BCUT2D eigenvalue weighted by Gasteiger charge is -2.34. The molecule has 336 valence electrons. The summed E-state index contributed by atoms with van der Waals surface area (Å²) in [6.07, 6.45) is 7.45. The summed E-state index contributed by atoms with van der Waals surface area (Å²) in [6, 6.07) is 45.0. The molecule has 0 amide bonds. The lowest BCUT2D eigenvalue weighted by Crippen LogP contribution is -2.37. The zero-order valence-corrected chi connectivity index (χ0v) is 41.4. The Labute approximate surface area is 391 Å². The van der Waals surface area contributed by atoms with Gasteiger partial charge in [-0.1, -0.05) is 164 Å². The Hall–Kier alpha value is -5.04. The fourth-order valence-corrected chi connectivity index (χ4v) is 15.4. The molecule has 3 heterocycles. The van der Waals surface area contributed by atoms with E-state index in [2.05, 4.69) is 186 Å². The van der Waals surface area contributed by atoms with Crippen molar-refractivity contribution in [1.82, 2.24) is 9.13 Å². The van der Waals surface area contributed by atoms with Gasteiger partial charge < -0.3 is 18.6 Å². The van der Waals surface area contributed by atoms with Crippen LogP contribution in [0.15, 0.2) is 121 Å². The lowest BCUT2D eigenvalue weighted by atomic mass is 9.85. The molecule has 1 saturated carbocycles. The molecule has 2 aliphatic rings. The van der Waals surface area contributed by atoms with Crippen molar-refractivity contribution >= 4 is 76.3 Å². The van der Waals surface area contributed by atoms with E-state index in [1.54, 1.807) is 0 Å². The molecule has 4 atom stereocenters. The molecule has 1 aliphatic heterocycles. The van der Waals surface area contributed by atoms with Crippen molar-refractivity contribution in [1.29, 1.82) is 0 Å². The quantitative estimate of drug-likeness (QED) is 0.162. The van der Waals surface area contributed by atoms with Gasteiger partial charge in [-0.05, 0) is 71.2 Å². The molecule has 1 aliphatic carbocycles. The van der Waals surface area contributed by atoms with Crippen LogP contribution in [-0.4, -0.2) is 37.2 Å². The van der Waals surface area contributed by atoms with Crippen molar-refractivity contribution in [2.45, 2.75) is 133 Å². The van der Waals surface area contributed by atoms with Crippen LogP contribution in [0.1, 0.15) is 116 Å². The molecule has 2 aromatic heterocycles. The molecule has 65 heavy (non-hydrogen) atoms. The molecule has 0 saturated heterocycles. The highest BCUT2D eigenvalue weighted by molar-refractivity contribution is 8.17. The summed E-state index contributed by atoms with van der Waals surface area (Å²) in [4.78, 5) is 0. The van der Waals surface area contributed by atoms with E-state index in [4.69, 9.17) is 21.2 Å². The zero-order chi connectivity index (χ0) is 45.4. The normalized spacial score (nSPS) is 20.9. The number of hydrogen-bond acceptors (Lipinski definition) is 2. The number of benzene rings is 6. The topological polar surface area (TPSA) is 28.3 Å². The number of nitrogens with zero attached hydrogens (tertiary/aromatic N) is 2. The van der Waals surface area contributed by atoms with Gasteiger partial charge in [-0.3, -0.25) is 0 Å². The third-order valence-electron chi connectivity index (χ3n) is 14.0. The Bertz CT molecular complexity index is 2850. The molecule has 0 bridgehead atoms. The fraction of sp³-hybridized carbons (Fsp3) is 0.356. The highest BCUT2D eigenvalue weighted by Gasteiger charge is 2.35. The van der Waals surface area contributed by atoms with Crippen LogP contribution in [0, 0.1) is 0 Å². The first-order valence-electron chi connectivity index (χ1n) is 23.8. The van der Waals surface area contributed by atoms with E-state index in [-0.39, 0.29) is 31.8 Å². The maximum absolute atomic E-state index is 7.69. The molecule has 8 aromatic rings. The van der Waals surface area contributed by atoms with Crippen molar-refractivity contribution in [2.24, 2.45) is 0 Å². The Morgan fingerprint density at radius 3 is 1.14 bits per heavy atom. The first kappa shape index (κ1) is 43.8. The van der Waals surface area contributed by atoms with Gasteiger partial charge in [0, 0.05) is 68.5 Å². The van der Waals surface area contributed by atoms with E-state index in [0.29, 0.717) is 10.5 Å². The van der Waals surface area contributed by atoms with E-state index >= 15 is 0 Å². The molecular weight excluding hydrogens is 833 g/mol. The minimum absolute atomic E-state index is 0.112. The minimum Gasteiger partial charge on any atom is -0.450 e. The number of aromatic nitrogens is 2. The zero-order valence-electron chi connectivity index (χ0n) is 39.8. The first-order chi connectivity index (χ1) is 31.1. The van der Waals surface area contributed by atoms with Crippen molar-refractivity contribution < 1.29 is 9.47 Å². The van der Waals surface area contributed by atoms with Gasteiger partial charge in [0.05, 0.1) is 33.4 Å². The maximum Gasteiger partial charge on any atom is 0.246 e. The third kappa shape index (κ3) is 8.07. The Balaban J connectivity index is 1.28. The van der Waals surface area contributed by atoms with Gasteiger partial charge >= 0.3 is 0 Å². The average molecular weight is 899 g/mol. The predicted molar refractivity (Wildman–Crippen MR) is 286 cm³/mol. The lowest BCUT2D eigenvalue weighted by molar-refractivity contribution is -0.0817. The average Bonchev–Trinajstić information content (AvgIpc) is 3.76. The largest absolute Gasteiger partial charge is 0.450 e. The molecule has 6 aromatic carbocycles. The Morgan fingerprint density at radius 1 is 0.492 bits per heavy atom. The molecule has 0 radical (unpaired) electrons. The summed E-state index contributed by atoms with van der Waals surface area (Å²) >= 11 is 0. The standard InChI is InChI=1S/C59H66N2O2S2/c1-57(2,3)41-33-39-37-64(9)53-31-13-11-12-14-32-54(53)65(10)38-40-34-42(58(4,5)6)36-52(61-49-29-21-17-25-45(49)46-26-18-22-30-50(46)61)56(40)63-59(7,8)62-55(39)51(35-41)60-47-27-19-15-23-43(47)44-24-16-20-28-48(44)60/h15-30,33-36,53-54H,9-14,31-32,37-38H2,1-8H3. The van der Waals surface area contributed by atoms with Gasteiger partial charge in [0.1, 0.15) is 0 Å². The van der Waals surface area contributed by atoms with Crippen LogP contribution in [-0.2, 0) is 22.3 Å². The molecule has 0 N–H and O–H groups in total. The van der Waals surface area contributed by atoms with Gasteiger partial charge in [-0.2, -0.15) is 21.0 Å². The number of fused-ring (bicyclic) bond motifs is 9. The molecular formula is C59H66N2O2S2. The summed E-state index contributed by atoms with van der Waals surface area (Å²) in [7, 11) is -0.394. The highest BCUT2D eigenvalue weighted by atomic mass is 32.2. The van der Waals surface area contributed by atoms with E-state index in [9.17, 15) is 0 Å². The van der Waals surface area contributed by atoms with Gasteiger partial charge in [0.25, 0.3) is 0 Å². The summed E-state index contributed by atoms with van der Waals surface area (Å²) in [5.74, 6) is 12.6. The van der Waals surface area contributed by atoms with Crippen LogP contribution in [0.4, 0.5) is 0 Å². The third-order valence-corrected chi connectivity index (χ3v) is 18.4. The molecule has 4 nitrogen and oxygen atoms in total. The van der Waals surface area contributed by atoms with Gasteiger partial charge in [-0.15, -0.1) is 0 Å². The van der Waals surface area contributed by atoms with Crippen LogP contribution < -0.4 is 9.47 Å². The summed E-state index contributed by atoms with van der Waals surface area (Å²) in [5, 5.41) is 5.84. The second-order valence-corrected chi connectivity index (χ2v) is 25.2. The second-order valence-electron chi connectivity index (χ2n) is 21.2. The van der Waals surface area contributed by atoms with Gasteiger partial charge in [0.2, 0.25) is 5.79 Å². The molecule has 6 heteroatoms. The van der Waals surface area contributed by atoms with Crippen molar-refractivity contribution in [2.75, 3.05) is 0 Å². The second kappa shape index (κ2) is 16.7. The SMILES string of the molecule is C=S1Cc2cc(C(C)(C)C)cc(-n3c4ccccc4c4ccccc43)c2OC(C)(C)Oc2c(cc(C(C)(C)C)cc2-n2c3ccccc3c3ccccc32)CS(=C)C2CCCCCCC21. The monoisotopic (exact) mass is 898 g/mol. The molecule has 4 unspecified atom stereocenters. The minimum atomic E-state index is -1.10. The molecule has 1 fully saturated rings. The van der Waals surface area contributed by atoms with E-state index < -0.39 is 5.79 Å². The van der Waals surface area contributed by atoms with Crippen LogP contribution >= 0.6 is 21.0 Å². The van der Waals surface area contributed by atoms with Crippen molar-refractivity contribution in [3.05, 3.63) is 144 Å². The first-order valence-corrected chi connectivity index (χ1v) is 27.0. The van der Waals surface area contributed by atoms with Crippen LogP contribution in [0.3, 0.4) is 0 Å². The van der Waals surface area contributed by atoms with Crippen LogP contribution in [0.25, 0.3) is 55.0 Å². The number of hydrogen-bond donors (Lipinski definition) is 0. The summed E-state index contributed by atoms with van der Waals surface area (Å²) in [5.41, 5.74) is 11.5. The van der Waals surface area contributed by atoms with E-state index in [0.717, 1.165) is 56.4 Å². The van der Waals surface area contributed by atoms with Crippen LogP contribution in [0.2, 0.25) is 0 Å². The predicted octanol–water partition coefficient (Wildman–Crippen LogP) is 16.2. The fourth-order valence-electron chi connectivity index (χ4n) is 10.7. The van der Waals surface area contributed by atoms with E-state index in [1.165, 1.54) is 82.3 Å². The van der Waals surface area contributed by atoms with Crippen molar-refractivity contribution in [3.63, 3.8) is 0 Å². The molecule has 0 spiro atoms. The van der Waals surface area contributed by atoms with E-state index in [1.807, 2.05) is 0 Å². The van der Waals surface area contributed by atoms with Gasteiger partial charge in [0.15, 0.2) is 11.5 Å². The summed E-state index contributed by atoms with van der Waals surface area (Å²) in [6.45, 7) is 18.2. The Kier molecular flexibility index (Phi) is 11.2. The number of para-hydroxylation sites is 4. The summed E-state index contributed by atoms with van der Waals surface area (Å²) < 4.78 is 20.3. The van der Waals surface area contributed by atoms with Crippen LogP contribution in [0.5, 0.6) is 11.5 Å². The number of ether oxygens (including phenoxy) is 2. The van der Waals surface area contributed by atoms with Crippen molar-refractivity contribution in [3.8, 4) is 22.9 Å². The maximum atomic E-state index is 7.69. The smallest absolute Gasteiger partial charge is 0.246 e. The molecule has 10 rings (SSSR count). The number of rotatable bonds is 2. The van der Waals surface area contributed by atoms with Gasteiger partial charge in [-0.25, -0.2) is 0 Å². The highest BCUT2D eigenvalue weighted by Crippen LogP contribution is 2.50. The Morgan fingerprint density at radius 2 is 0.815 bits per heavy atom.